The molecule has 10 nitrogen and oxygen atoms in total. The molecule has 174 valence electrons. The quantitative estimate of drug-likeness (QED) is 0.376. The van der Waals surface area contributed by atoms with Crippen LogP contribution in [0.2, 0.25) is 0 Å². The van der Waals surface area contributed by atoms with Crippen LogP contribution in [-0.4, -0.2) is 27.4 Å². The molecule has 0 saturated heterocycles. The SMILES string of the molecule is Cc1ccccc1C(CC(=O)OCc1nnc(-c2c(-c3ccccc3)noc2C)o1)NC(N)=O. The summed E-state index contributed by atoms with van der Waals surface area (Å²) in [7, 11) is 0. The lowest BCUT2D eigenvalue weighted by Gasteiger charge is -2.19. The fraction of sp³-hybridized carbons (Fsp3) is 0.208. The maximum Gasteiger partial charge on any atom is 0.312 e. The number of ether oxygens (including phenoxy) is 1. The first-order chi connectivity index (χ1) is 16.4. The Balaban J connectivity index is 1.44. The Morgan fingerprint density at radius 1 is 1.06 bits per heavy atom. The fourth-order valence-electron chi connectivity index (χ4n) is 3.59. The van der Waals surface area contributed by atoms with Crippen molar-refractivity contribution in [3.05, 3.63) is 77.4 Å². The predicted octanol–water partition coefficient (Wildman–Crippen LogP) is 3.85. The maximum atomic E-state index is 12.5. The van der Waals surface area contributed by atoms with E-state index in [1.54, 1.807) is 6.92 Å². The molecule has 0 aliphatic carbocycles. The number of carbonyl (C=O) groups is 2. The standard InChI is InChI=1S/C24H23N5O5/c1-14-8-6-7-11-17(14)18(26-24(25)31)12-20(30)32-13-19-27-28-23(33-19)21-15(2)34-29-22(21)16-9-4-3-5-10-16/h3-11,18H,12-13H2,1-2H3,(H3,25,26,31). The van der Waals surface area contributed by atoms with Crippen LogP contribution in [0.5, 0.6) is 0 Å². The summed E-state index contributed by atoms with van der Waals surface area (Å²) in [5.41, 5.74) is 8.95. The van der Waals surface area contributed by atoms with Gasteiger partial charge in [-0.15, -0.1) is 10.2 Å². The van der Waals surface area contributed by atoms with E-state index in [9.17, 15) is 9.59 Å². The Morgan fingerprint density at radius 2 is 1.79 bits per heavy atom. The van der Waals surface area contributed by atoms with Crippen molar-refractivity contribution < 1.29 is 23.3 Å². The van der Waals surface area contributed by atoms with Crippen LogP contribution in [0, 0.1) is 13.8 Å². The molecule has 3 N–H and O–H groups in total. The molecular formula is C24H23N5O5. The zero-order valence-electron chi connectivity index (χ0n) is 18.6. The average Bonchev–Trinajstić information content (AvgIpc) is 3.44. The highest BCUT2D eigenvalue weighted by atomic mass is 16.5. The number of benzene rings is 2. The maximum absolute atomic E-state index is 12.5. The summed E-state index contributed by atoms with van der Waals surface area (Å²) in [5, 5.41) is 14.7. The van der Waals surface area contributed by atoms with Gasteiger partial charge in [0, 0.05) is 5.56 Å². The van der Waals surface area contributed by atoms with Crippen LogP contribution in [0.1, 0.15) is 35.2 Å². The number of nitrogens with two attached hydrogens (primary N) is 1. The molecule has 1 atom stereocenters. The second-order valence-corrected chi connectivity index (χ2v) is 7.61. The van der Waals surface area contributed by atoms with Gasteiger partial charge >= 0.3 is 12.0 Å². The van der Waals surface area contributed by atoms with Crippen LogP contribution in [-0.2, 0) is 16.1 Å². The van der Waals surface area contributed by atoms with Crippen molar-refractivity contribution in [2.24, 2.45) is 5.73 Å². The van der Waals surface area contributed by atoms with Crippen molar-refractivity contribution in [2.45, 2.75) is 32.9 Å². The number of aryl methyl sites for hydroxylation is 2. The monoisotopic (exact) mass is 461 g/mol. The highest BCUT2D eigenvalue weighted by molar-refractivity contribution is 5.78. The van der Waals surface area contributed by atoms with E-state index in [2.05, 4.69) is 20.7 Å². The minimum Gasteiger partial charge on any atom is -0.456 e. The van der Waals surface area contributed by atoms with E-state index >= 15 is 0 Å². The Labute approximate surface area is 195 Å². The predicted molar refractivity (Wildman–Crippen MR) is 121 cm³/mol. The molecule has 1 unspecified atom stereocenters. The molecule has 0 aliphatic rings. The molecule has 2 amide bonds. The van der Waals surface area contributed by atoms with Crippen LogP contribution in [0.3, 0.4) is 0 Å². The molecule has 2 aromatic carbocycles. The minimum absolute atomic E-state index is 0.110. The number of carbonyl (C=O) groups excluding carboxylic acids is 2. The highest BCUT2D eigenvalue weighted by Crippen LogP contribution is 2.33. The largest absolute Gasteiger partial charge is 0.456 e. The van der Waals surface area contributed by atoms with Crippen molar-refractivity contribution in [3.8, 4) is 22.7 Å². The second kappa shape index (κ2) is 9.99. The van der Waals surface area contributed by atoms with E-state index in [-0.39, 0.29) is 24.8 Å². The first-order valence-electron chi connectivity index (χ1n) is 10.5. The number of aromatic nitrogens is 3. The van der Waals surface area contributed by atoms with Gasteiger partial charge in [-0.3, -0.25) is 4.79 Å². The molecule has 2 heterocycles. The minimum atomic E-state index is -0.735. The van der Waals surface area contributed by atoms with Crippen molar-refractivity contribution in [3.63, 3.8) is 0 Å². The number of esters is 1. The van der Waals surface area contributed by atoms with Gasteiger partial charge in [0.15, 0.2) is 6.61 Å². The van der Waals surface area contributed by atoms with Crippen molar-refractivity contribution in [1.29, 1.82) is 0 Å². The summed E-state index contributed by atoms with van der Waals surface area (Å²) in [6.45, 7) is 3.40. The van der Waals surface area contributed by atoms with Gasteiger partial charge in [0.2, 0.25) is 0 Å². The van der Waals surface area contributed by atoms with Gasteiger partial charge in [-0.1, -0.05) is 59.8 Å². The highest BCUT2D eigenvalue weighted by Gasteiger charge is 2.23. The van der Waals surface area contributed by atoms with Crippen molar-refractivity contribution in [2.75, 3.05) is 0 Å². The molecule has 0 fully saturated rings. The van der Waals surface area contributed by atoms with Crippen LogP contribution in [0.25, 0.3) is 22.7 Å². The van der Waals surface area contributed by atoms with Gasteiger partial charge in [0.05, 0.1) is 12.5 Å². The molecule has 34 heavy (non-hydrogen) atoms. The smallest absolute Gasteiger partial charge is 0.312 e. The van der Waals surface area contributed by atoms with Crippen LogP contribution < -0.4 is 11.1 Å². The van der Waals surface area contributed by atoms with Gasteiger partial charge in [-0.25, -0.2) is 4.79 Å². The van der Waals surface area contributed by atoms with Crippen LogP contribution in [0.4, 0.5) is 4.79 Å². The van der Waals surface area contributed by atoms with Crippen molar-refractivity contribution >= 4 is 12.0 Å². The van der Waals surface area contributed by atoms with E-state index in [1.165, 1.54) is 0 Å². The third-order valence-electron chi connectivity index (χ3n) is 5.20. The zero-order valence-corrected chi connectivity index (χ0v) is 18.6. The first kappa shape index (κ1) is 22.7. The molecule has 0 aliphatic heterocycles. The van der Waals surface area contributed by atoms with Gasteiger partial charge in [-0.2, -0.15) is 0 Å². The Morgan fingerprint density at radius 3 is 2.53 bits per heavy atom. The summed E-state index contributed by atoms with van der Waals surface area (Å²) < 4.78 is 16.3. The molecule has 4 rings (SSSR count). The van der Waals surface area contributed by atoms with Gasteiger partial charge in [0.25, 0.3) is 11.8 Å². The number of rotatable bonds is 8. The topological polar surface area (TPSA) is 146 Å². The number of amides is 2. The summed E-state index contributed by atoms with van der Waals surface area (Å²) >= 11 is 0. The van der Waals surface area contributed by atoms with E-state index in [0.717, 1.165) is 16.7 Å². The molecule has 10 heteroatoms. The summed E-state index contributed by atoms with van der Waals surface area (Å²) in [5.74, 6) is 0.271. The Bertz CT molecular complexity index is 1300. The Kier molecular flexibility index (Phi) is 6.67. The number of nitrogens with one attached hydrogen (secondary N) is 1. The lowest BCUT2D eigenvalue weighted by atomic mass is 9.99. The average molecular weight is 461 g/mol. The van der Waals surface area contributed by atoms with Crippen LogP contribution in [0.15, 0.2) is 63.5 Å². The number of hydrogen-bond donors (Lipinski definition) is 2. The van der Waals surface area contributed by atoms with Gasteiger partial charge in [0.1, 0.15) is 17.0 Å². The van der Waals surface area contributed by atoms with E-state index in [0.29, 0.717) is 17.0 Å². The fourth-order valence-corrected chi connectivity index (χ4v) is 3.59. The number of nitrogens with zero attached hydrogens (tertiary/aromatic N) is 3. The number of urea groups is 1. The summed E-state index contributed by atoms with van der Waals surface area (Å²) in [6.07, 6.45) is -0.113. The van der Waals surface area contributed by atoms with Gasteiger partial charge < -0.3 is 24.7 Å². The first-order valence-corrected chi connectivity index (χ1v) is 10.5. The molecular weight excluding hydrogens is 438 g/mol. The number of hydrogen-bond acceptors (Lipinski definition) is 8. The van der Waals surface area contributed by atoms with Crippen LogP contribution >= 0.6 is 0 Å². The van der Waals surface area contributed by atoms with E-state index in [4.69, 9.17) is 19.4 Å². The van der Waals surface area contributed by atoms with E-state index in [1.807, 2.05) is 61.5 Å². The third-order valence-corrected chi connectivity index (χ3v) is 5.20. The van der Waals surface area contributed by atoms with Crippen molar-refractivity contribution in [1.82, 2.24) is 20.7 Å². The summed E-state index contributed by atoms with van der Waals surface area (Å²) in [4.78, 5) is 23.9. The lowest BCUT2D eigenvalue weighted by molar-refractivity contribution is -0.146. The molecule has 0 spiro atoms. The van der Waals surface area contributed by atoms with E-state index < -0.39 is 18.0 Å². The van der Waals surface area contributed by atoms with Gasteiger partial charge in [-0.05, 0) is 25.0 Å². The zero-order chi connectivity index (χ0) is 24.1. The molecule has 0 saturated carbocycles. The molecule has 0 radical (unpaired) electrons. The Hall–Kier alpha value is -4.47. The normalized spacial score (nSPS) is 11.7. The number of primary amides is 1. The molecule has 4 aromatic rings. The summed E-state index contributed by atoms with van der Waals surface area (Å²) in [6, 6.07) is 15.5. The lowest BCUT2D eigenvalue weighted by Crippen LogP contribution is -2.35. The second-order valence-electron chi connectivity index (χ2n) is 7.61. The molecule has 2 aromatic heterocycles. The molecule has 0 bridgehead atoms. The third kappa shape index (κ3) is 5.12.